The number of nitrogens with one attached hydrogen (secondary N) is 1. The fraction of sp³-hybridized carbons (Fsp3) is 0.476. The van der Waals surface area contributed by atoms with Crippen LogP contribution in [0.15, 0.2) is 31.0 Å². The summed E-state index contributed by atoms with van der Waals surface area (Å²) in [6, 6.07) is 2.66. The summed E-state index contributed by atoms with van der Waals surface area (Å²) in [7, 11) is 0. The average Bonchev–Trinajstić information content (AvgIpc) is 3.05. The molecule has 5 rings (SSSR count). The van der Waals surface area contributed by atoms with E-state index in [9.17, 15) is 0 Å². The van der Waals surface area contributed by atoms with Gasteiger partial charge in [0.25, 0.3) is 0 Å². The summed E-state index contributed by atoms with van der Waals surface area (Å²) >= 11 is 1.61. The van der Waals surface area contributed by atoms with Gasteiger partial charge >= 0.3 is 0 Å². The number of pyridine rings is 1. The maximum atomic E-state index is 6.30. The Morgan fingerprint density at radius 2 is 2.10 bits per heavy atom. The average molecular weight is 410 g/mol. The van der Waals surface area contributed by atoms with E-state index in [4.69, 9.17) is 5.73 Å². The van der Waals surface area contributed by atoms with Crippen LogP contribution in [0.4, 0.5) is 5.82 Å². The highest BCUT2D eigenvalue weighted by Gasteiger charge is 2.34. The minimum atomic E-state index is 0.487. The van der Waals surface area contributed by atoms with Crippen LogP contribution in [0.1, 0.15) is 30.9 Å². The van der Waals surface area contributed by atoms with Crippen LogP contribution in [0.3, 0.4) is 0 Å². The zero-order chi connectivity index (χ0) is 19.8. The standard InChI is InChI=1S/C21H27N7S/c1-29-26-9-15-5-16(10-23-8-15)18-12-28(21-19(18)20(22)24-13-25-21)17-6-14(7-17)11-27-3-2-4-27/h5,8,10,12-14,17,26H,2-4,6-7,9,11H2,1H3,(H2,22,24,25). The molecule has 0 bridgehead atoms. The fourth-order valence-electron chi connectivity index (χ4n) is 4.50. The van der Waals surface area contributed by atoms with Crippen LogP contribution in [0.5, 0.6) is 0 Å². The van der Waals surface area contributed by atoms with E-state index in [0.717, 1.165) is 40.2 Å². The molecule has 1 saturated heterocycles. The first kappa shape index (κ1) is 18.8. The van der Waals surface area contributed by atoms with Gasteiger partial charge < -0.3 is 15.2 Å². The molecular formula is C21H27N7S. The van der Waals surface area contributed by atoms with Gasteiger partial charge in [-0.25, -0.2) is 9.97 Å². The molecule has 0 atom stereocenters. The number of nitrogen functional groups attached to an aromatic ring is 1. The molecule has 0 aromatic carbocycles. The molecule has 3 N–H and O–H groups in total. The minimum Gasteiger partial charge on any atom is -0.383 e. The second-order valence-corrected chi connectivity index (χ2v) is 8.86. The number of nitrogens with zero attached hydrogens (tertiary/aromatic N) is 5. The summed E-state index contributed by atoms with van der Waals surface area (Å²) < 4.78 is 5.60. The first-order valence-electron chi connectivity index (χ1n) is 10.3. The van der Waals surface area contributed by atoms with E-state index in [0.29, 0.717) is 11.9 Å². The lowest BCUT2D eigenvalue weighted by Gasteiger charge is -2.42. The van der Waals surface area contributed by atoms with Gasteiger partial charge in [0.1, 0.15) is 17.8 Å². The summed E-state index contributed by atoms with van der Waals surface area (Å²) in [5.41, 5.74) is 10.5. The monoisotopic (exact) mass is 409 g/mol. The molecule has 3 aromatic rings. The van der Waals surface area contributed by atoms with Gasteiger partial charge in [-0.15, -0.1) is 0 Å². The van der Waals surface area contributed by atoms with E-state index in [-0.39, 0.29) is 0 Å². The molecule has 4 heterocycles. The van der Waals surface area contributed by atoms with Crippen molar-refractivity contribution in [3.63, 3.8) is 0 Å². The summed E-state index contributed by atoms with van der Waals surface area (Å²) in [6.45, 7) is 4.56. The molecule has 7 nitrogen and oxygen atoms in total. The first-order valence-corrected chi connectivity index (χ1v) is 11.5. The lowest BCUT2D eigenvalue weighted by molar-refractivity contribution is 0.0921. The molecule has 152 valence electrons. The Balaban J connectivity index is 1.45. The highest BCUT2D eigenvalue weighted by molar-refractivity contribution is 7.96. The van der Waals surface area contributed by atoms with E-state index < -0.39 is 0 Å². The number of nitrogens with two attached hydrogens (primary N) is 1. The number of anilines is 1. The summed E-state index contributed by atoms with van der Waals surface area (Å²) in [4.78, 5) is 15.9. The molecule has 29 heavy (non-hydrogen) atoms. The summed E-state index contributed by atoms with van der Waals surface area (Å²) in [5, 5.41) is 0.940. The Hall–Kier alpha value is -2.16. The van der Waals surface area contributed by atoms with Gasteiger partial charge in [0.05, 0.1) is 5.39 Å². The second kappa shape index (κ2) is 7.93. The molecule has 2 aliphatic rings. The van der Waals surface area contributed by atoms with E-state index >= 15 is 0 Å². The van der Waals surface area contributed by atoms with Crippen LogP contribution in [0.2, 0.25) is 0 Å². The van der Waals surface area contributed by atoms with Gasteiger partial charge in [-0.1, -0.05) is 11.9 Å². The lowest BCUT2D eigenvalue weighted by atomic mass is 9.79. The normalized spacial score (nSPS) is 21.8. The van der Waals surface area contributed by atoms with Crippen LogP contribution < -0.4 is 10.5 Å². The number of hydrogen-bond donors (Lipinski definition) is 2. The summed E-state index contributed by atoms with van der Waals surface area (Å²) in [5.74, 6) is 1.33. The van der Waals surface area contributed by atoms with Gasteiger partial charge in [0.15, 0.2) is 0 Å². The lowest BCUT2D eigenvalue weighted by Crippen LogP contribution is -2.43. The third-order valence-electron chi connectivity index (χ3n) is 6.23. The first-order chi connectivity index (χ1) is 14.2. The number of aromatic nitrogens is 4. The zero-order valence-electron chi connectivity index (χ0n) is 16.7. The Bertz CT molecular complexity index is 1010. The third-order valence-corrected chi connectivity index (χ3v) is 6.67. The van der Waals surface area contributed by atoms with Crippen molar-refractivity contribution in [3.05, 3.63) is 36.5 Å². The largest absolute Gasteiger partial charge is 0.383 e. The van der Waals surface area contributed by atoms with Crippen LogP contribution in [0, 0.1) is 5.92 Å². The van der Waals surface area contributed by atoms with Crippen molar-refractivity contribution >= 4 is 28.8 Å². The maximum absolute atomic E-state index is 6.30. The van der Waals surface area contributed by atoms with Crippen molar-refractivity contribution in [1.29, 1.82) is 0 Å². The van der Waals surface area contributed by atoms with Crippen molar-refractivity contribution in [2.75, 3.05) is 31.6 Å². The van der Waals surface area contributed by atoms with Gasteiger partial charge in [-0.2, -0.15) is 0 Å². The van der Waals surface area contributed by atoms with Crippen molar-refractivity contribution in [3.8, 4) is 11.1 Å². The Morgan fingerprint density at radius 1 is 1.24 bits per heavy atom. The number of hydrogen-bond acceptors (Lipinski definition) is 7. The van der Waals surface area contributed by atoms with Crippen molar-refractivity contribution in [1.82, 2.24) is 29.1 Å². The van der Waals surface area contributed by atoms with Gasteiger partial charge in [0.2, 0.25) is 0 Å². The second-order valence-electron chi connectivity index (χ2n) is 8.16. The fourth-order valence-corrected chi connectivity index (χ4v) is 4.81. The van der Waals surface area contributed by atoms with E-state index in [2.05, 4.69) is 41.4 Å². The molecular weight excluding hydrogens is 382 g/mol. The molecule has 1 aliphatic carbocycles. The van der Waals surface area contributed by atoms with E-state index in [1.165, 1.54) is 38.9 Å². The predicted octanol–water partition coefficient (Wildman–Crippen LogP) is 3.10. The van der Waals surface area contributed by atoms with Crippen molar-refractivity contribution in [2.45, 2.75) is 31.8 Å². The van der Waals surface area contributed by atoms with Crippen LogP contribution in [-0.4, -0.2) is 50.3 Å². The minimum absolute atomic E-state index is 0.487. The Morgan fingerprint density at radius 3 is 2.86 bits per heavy atom. The highest BCUT2D eigenvalue weighted by atomic mass is 32.2. The molecule has 1 saturated carbocycles. The topological polar surface area (TPSA) is 84.9 Å². The Kier molecular flexibility index (Phi) is 5.15. The third kappa shape index (κ3) is 3.60. The SMILES string of the molecule is CSNCc1cncc(-c2cn(C3CC(CN4CCC4)C3)c3ncnc(N)c23)c1. The number of fused-ring (bicyclic) bond motifs is 1. The molecule has 0 amide bonds. The molecule has 2 fully saturated rings. The van der Waals surface area contributed by atoms with Crippen LogP contribution in [-0.2, 0) is 6.54 Å². The van der Waals surface area contributed by atoms with Gasteiger partial charge in [-0.3, -0.25) is 9.71 Å². The van der Waals surface area contributed by atoms with Gasteiger partial charge in [-0.05, 0) is 56.2 Å². The van der Waals surface area contributed by atoms with E-state index in [1.807, 2.05) is 18.6 Å². The summed E-state index contributed by atoms with van der Waals surface area (Å²) in [6.07, 6.45) is 13.4. The van der Waals surface area contributed by atoms with E-state index in [1.54, 1.807) is 18.3 Å². The molecule has 0 spiro atoms. The molecule has 0 radical (unpaired) electrons. The zero-order valence-corrected chi connectivity index (χ0v) is 17.5. The molecule has 0 unspecified atom stereocenters. The van der Waals surface area contributed by atoms with Crippen LogP contribution >= 0.6 is 11.9 Å². The predicted molar refractivity (Wildman–Crippen MR) is 118 cm³/mol. The smallest absolute Gasteiger partial charge is 0.146 e. The van der Waals surface area contributed by atoms with Gasteiger partial charge in [0, 0.05) is 48.8 Å². The number of likely N-dealkylation sites (tertiary alicyclic amines) is 1. The number of rotatable bonds is 7. The van der Waals surface area contributed by atoms with Crippen molar-refractivity contribution < 1.29 is 0 Å². The molecule has 1 aliphatic heterocycles. The molecule has 3 aromatic heterocycles. The molecule has 8 heteroatoms. The maximum Gasteiger partial charge on any atom is 0.146 e. The highest BCUT2D eigenvalue weighted by Crippen LogP contribution is 2.43. The Labute approximate surface area is 175 Å². The van der Waals surface area contributed by atoms with Crippen LogP contribution in [0.25, 0.3) is 22.2 Å². The quantitative estimate of drug-likeness (QED) is 0.580. The van der Waals surface area contributed by atoms with Crippen molar-refractivity contribution in [2.24, 2.45) is 5.92 Å².